The lowest BCUT2D eigenvalue weighted by molar-refractivity contribution is 0.0696. The second kappa shape index (κ2) is 4.83. The molecule has 0 amide bonds. The number of hydrogen-bond acceptors (Lipinski definition) is 1. The molecule has 0 saturated heterocycles. The zero-order chi connectivity index (χ0) is 10.6. The van der Waals surface area contributed by atoms with Crippen molar-refractivity contribution in [2.24, 2.45) is 0 Å². The molecule has 72 valence electrons. The Balaban J connectivity index is 3.06. The number of alkyl halides is 1. The third-order valence-corrected chi connectivity index (χ3v) is 2.04. The highest BCUT2D eigenvalue weighted by Crippen LogP contribution is 2.10. The van der Waals surface area contributed by atoms with Crippen LogP contribution in [-0.2, 0) is 0 Å². The van der Waals surface area contributed by atoms with Crippen LogP contribution in [0.1, 0.15) is 21.5 Å². The first-order valence-electron chi connectivity index (χ1n) is 4.04. The van der Waals surface area contributed by atoms with Crippen LogP contribution in [0, 0.1) is 18.8 Å². The van der Waals surface area contributed by atoms with Crippen LogP contribution in [0.15, 0.2) is 18.2 Å². The van der Waals surface area contributed by atoms with Crippen LogP contribution in [0.4, 0.5) is 0 Å². The summed E-state index contributed by atoms with van der Waals surface area (Å²) in [7, 11) is 0. The summed E-state index contributed by atoms with van der Waals surface area (Å²) in [6.07, 6.45) is 0. The molecule has 1 aromatic carbocycles. The lowest BCUT2D eigenvalue weighted by Gasteiger charge is -1.99. The van der Waals surface area contributed by atoms with Crippen LogP contribution in [0.25, 0.3) is 0 Å². The molecule has 0 spiro atoms. The van der Waals surface area contributed by atoms with Gasteiger partial charge in [-0.15, -0.1) is 0 Å². The van der Waals surface area contributed by atoms with E-state index >= 15 is 0 Å². The molecule has 3 heteroatoms. The smallest absolute Gasteiger partial charge is 0.335 e. The number of aryl methyl sites for hydroxylation is 1. The van der Waals surface area contributed by atoms with E-state index in [-0.39, 0.29) is 0 Å². The fourth-order valence-corrected chi connectivity index (χ4v) is 1.26. The van der Waals surface area contributed by atoms with E-state index in [1.165, 1.54) is 0 Å². The van der Waals surface area contributed by atoms with Crippen molar-refractivity contribution < 1.29 is 9.90 Å². The van der Waals surface area contributed by atoms with Crippen LogP contribution in [0.3, 0.4) is 0 Å². The molecule has 0 aliphatic heterocycles. The summed E-state index contributed by atoms with van der Waals surface area (Å²) in [5, 5.41) is 9.41. The van der Waals surface area contributed by atoms with E-state index in [1.807, 2.05) is 0 Å². The first kappa shape index (κ1) is 10.8. The summed E-state index contributed by atoms with van der Waals surface area (Å²) in [6, 6.07) is 5.07. The largest absolute Gasteiger partial charge is 0.478 e. The zero-order valence-electron chi connectivity index (χ0n) is 7.67. The molecule has 1 aromatic rings. The zero-order valence-corrected chi connectivity index (χ0v) is 9.26. The van der Waals surface area contributed by atoms with Crippen molar-refractivity contribution in [1.29, 1.82) is 0 Å². The molecule has 0 unspecified atom stereocenters. The molecular formula is C11H9BrO2. The van der Waals surface area contributed by atoms with Gasteiger partial charge in [0.15, 0.2) is 0 Å². The number of carboxylic acids is 1. The van der Waals surface area contributed by atoms with Gasteiger partial charge in [0.05, 0.1) is 10.9 Å². The molecule has 1 rings (SSSR count). The molecule has 0 aliphatic rings. The SMILES string of the molecule is Cc1cc(C#CCBr)ccc1C(=O)O. The second-order valence-corrected chi connectivity index (χ2v) is 3.33. The highest BCUT2D eigenvalue weighted by atomic mass is 79.9. The standard InChI is InChI=1S/C11H9BrO2/c1-8-7-9(3-2-6-12)4-5-10(8)11(13)14/h4-5,7H,6H2,1H3,(H,13,14). The van der Waals surface area contributed by atoms with Gasteiger partial charge >= 0.3 is 5.97 Å². The molecular weight excluding hydrogens is 244 g/mol. The van der Waals surface area contributed by atoms with E-state index in [0.717, 1.165) is 11.1 Å². The molecule has 0 atom stereocenters. The van der Waals surface area contributed by atoms with Gasteiger partial charge in [0.25, 0.3) is 0 Å². The summed E-state index contributed by atoms with van der Waals surface area (Å²) in [5.74, 6) is 4.87. The quantitative estimate of drug-likeness (QED) is 0.616. The molecule has 0 bridgehead atoms. The average molecular weight is 253 g/mol. The predicted molar refractivity (Wildman–Crippen MR) is 58.8 cm³/mol. The Morgan fingerprint density at radius 1 is 1.57 bits per heavy atom. The number of rotatable bonds is 1. The number of halogens is 1. The molecule has 1 N–H and O–H groups in total. The van der Waals surface area contributed by atoms with Gasteiger partial charge in [-0.05, 0) is 30.7 Å². The molecule has 0 aromatic heterocycles. The minimum absolute atomic E-state index is 0.328. The molecule has 0 heterocycles. The maximum absolute atomic E-state index is 10.7. The molecule has 0 fully saturated rings. The van der Waals surface area contributed by atoms with Crippen LogP contribution < -0.4 is 0 Å². The van der Waals surface area contributed by atoms with Gasteiger partial charge in [0, 0.05) is 5.56 Å². The molecule has 0 aliphatic carbocycles. The Bertz CT molecular complexity index is 413. The Labute approximate surface area is 91.1 Å². The summed E-state index contributed by atoms with van der Waals surface area (Å²) in [6.45, 7) is 1.77. The van der Waals surface area contributed by atoms with Gasteiger partial charge in [0.2, 0.25) is 0 Å². The van der Waals surface area contributed by atoms with Crippen molar-refractivity contribution in [3.8, 4) is 11.8 Å². The molecule has 14 heavy (non-hydrogen) atoms. The first-order chi connectivity index (χ1) is 6.65. The normalized spacial score (nSPS) is 9.00. The van der Waals surface area contributed by atoms with E-state index in [4.69, 9.17) is 5.11 Å². The van der Waals surface area contributed by atoms with Gasteiger partial charge in [0.1, 0.15) is 0 Å². The average Bonchev–Trinajstić information content (AvgIpc) is 2.14. The van der Waals surface area contributed by atoms with E-state index < -0.39 is 5.97 Å². The Hall–Kier alpha value is -1.27. The van der Waals surface area contributed by atoms with Crippen molar-refractivity contribution in [2.45, 2.75) is 6.92 Å². The highest BCUT2D eigenvalue weighted by molar-refractivity contribution is 9.09. The van der Waals surface area contributed by atoms with Gasteiger partial charge in [-0.3, -0.25) is 0 Å². The number of carboxylic acid groups (broad SMARTS) is 1. The summed E-state index contributed by atoms with van der Waals surface area (Å²) < 4.78 is 0. The first-order valence-corrected chi connectivity index (χ1v) is 5.16. The predicted octanol–water partition coefficient (Wildman–Crippen LogP) is 2.44. The maximum atomic E-state index is 10.7. The fourth-order valence-electron chi connectivity index (χ4n) is 1.12. The Kier molecular flexibility index (Phi) is 3.73. The maximum Gasteiger partial charge on any atom is 0.335 e. The Morgan fingerprint density at radius 3 is 2.79 bits per heavy atom. The van der Waals surface area contributed by atoms with Gasteiger partial charge in [-0.1, -0.05) is 27.8 Å². The molecule has 2 nitrogen and oxygen atoms in total. The van der Waals surface area contributed by atoms with Crippen LogP contribution in [0.5, 0.6) is 0 Å². The summed E-state index contributed by atoms with van der Waals surface area (Å²) >= 11 is 3.20. The van der Waals surface area contributed by atoms with Gasteiger partial charge in [-0.25, -0.2) is 4.79 Å². The van der Waals surface area contributed by atoms with Crippen LogP contribution in [0.2, 0.25) is 0 Å². The van der Waals surface area contributed by atoms with Crippen LogP contribution >= 0.6 is 15.9 Å². The number of hydrogen-bond donors (Lipinski definition) is 1. The van der Waals surface area contributed by atoms with Crippen LogP contribution in [-0.4, -0.2) is 16.4 Å². The van der Waals surface area contributed by atoms with Gasteiger partial charge in [-0.2, -0.15) is 0 Å². The Morgan fingerprint density at radius 2 is 2.29 bits per heavy atom. The summed E-state index contributed by atoms with van der Waals surface area (Å²) in [4.78, 5) is 10.7. The van der Waals surface area contributed by atoms with Gasteiger partial charge < -0.3 is 5.11 Å². The fraction of sp³-hybridized carbons (Fsp3) is 0.182. The number of carbonyl (C=O) groups is 1. The van der Waals surface area contributed by atoms with E-state index in [1.54, 1.807) is 25.1 Å². The van der Waals surface area contributed by atoms with Crippen molar-refractivity contribution in [3.63, 3.8) is 0 Å². The van der Waals surface area contributed by atoms with Crippen molar-refractivity contribution in [2.75, 3.05) is 5.33 Å². The second-order valence-electron chi connectivity index (χ2n) is 2.77. The topological polar surface area (TPSA) is 37.3 Å². The monoisotopic (exact) mass is 252 g/mol. The number of benzene rings is 1. The lowest BCUT2D eigenvalue weighted by atomic mass is 10.1. The van der Waals surface area contributed by atoms with E-state index in [0.29, 0.717) is 10.9 Å². The third kappa shape index (κ3) is 2.61. The van der Waals surface area contributed by atoms with E-state index in [9.17, 15) is 4.79 Å². The van der Waals surface area contributed by atoms with Crippen molar-refractivity contribution >= 4 is 21.9 Å². The van der Waals surface area contributed by atoms with Crippen molar-refractivity contribution in [3.05, 3.63) is 34.9 Å². The molecule has 0 saturated carbocycles. The highest BCUT2D eigenvalue weighted by Gasteiger charge is 2.05. The molecule has 0 radical (unpaired) electrons. The minimum Gasteiger partial charge on any atom is -0.478 e. The minimum atomic E-state index is -0.900. The lowest BCUT2D eigenvalue weighted by Crippen LogP contribution is -1.99. The summed E-state index contributed by atoms with van der Waals surface area (Å²) in [5.41, 5.74) is 1.90. The number of aromatic carboxylic acids is 1. The third-order valence-electron chi connectivity index (χ3n) is 1.76. The van der Waals surface area contributed by atoms with E-state index in [2.05, 4.69) is 27.8 Å². The van der Waals surface area contributed by atoms with Crippen molar-refractivity contribution in [1.82, 2.24) is 0 Å².